The lowest BCUT2D eigenvalue weighted by Crippen LogP contribution is -2.15. The van der Waals surface area contributed by atoms with Crippen LogP contribution in [0.15, 0.2) is 36.4 Å². The van der Waals surface area contributed by atoms with Crippen molar-refractivity contribution in [3.8, 4) is 0 Å². The summed E-state index contributed by atoms with van der Waals surface area (Å²) in [5.74, 6) is 1.31. The van der Waals surface area contributed by atoms with Crippen molar-refractivity contribution in [3.05, 3.63) is 41.4 Å². The molecule has 1 fully saturated rings. The largest absolute Gasteiger partial charge is 0.326 e. The standard InChI is InChI=1S/C16H18ClNO/c17-11-6-5-7-12(10-11)18-16(19)15-13-8-3-1-2-4-9-14(13)15/h3,5-8,10,13-15H,1-2,4,9H2,(H,18,19)/t13-,14+,15-/m1/s1. The first-order chi connectivity index (χ1) is 9.25. The first-order valence-corrected chi connectivity index (χ1v) is 7.36. The summed E-state index contributed by atoms with van der Waals surface area (Å²) in [6, 6.07) is 7.34. The van der Waals surface area contributed by atoms with Crippen molar-refractivity contribution in [2.75, 3.05) is 5.32 Å². The molecular formula is C16H18ClNO. The molecule has 2 aliphatic carbocycles. The number of amides is 1. The van der Waals surface area contributed by atoms with Crippen molar-refractivity contribution < 1.29 is 4.79 Å². The Bertz CT molecular complexity index is 511. The van der Waals surface area contributed by atoms with Gasteiger partial charge in [0.05, 0.1) is 0 Å². The topological polar surface area (TPSA) is 29.1 Å². The first kappa shape index (κ1) is 12.7. The van der Waals surface area contributed by atoms with Crippen LogP contribution in [0.5, 0.6) is 0 Å². The van der Waals surface area contributed by atoms with Crippen LogP contribution in [0.25, 0.3) is 0 Å². The smallest absolute Gasteiger partial charge is 0.228 e. The van der Waals surface area contributed by atoms with E-state index >= 15 is 0 Å². The van der Waals surface area contributed by atoms with Crippen molar-refractivity contribution in [2.45, 2.75) is 25.7 Å². The van der Waals surface area contributed by atoms with Crippen LogP contribution in [-0.4, -0.2) is 5.91 Å². The minimum absolute atomic E-state index is 0.142. The first-order valence-electron chi connectivity index (χ1n) is 6.99. The summed E-state index contributed by atoms with van der Waals surface area (Å²) in [7, 11) is 0. The molecule has 0 radical (unpaired) electrons. The highest BCUT2D eigenvalue weighted by Gasteiger charge is 2.52. The zero-order valence-electron chi connectivity index (χ0n) is 10.8. The van der Waals surface area contributed by atoms with Gasteiger partial charge in [0, 0.05) is 16.6 Å². The van der Waals surface area contributed by atoms with Gasteiger partial charge in [-0.2, -0.15) is 0 Å². The Morgan fingerprint density at radius 2 is 2.21 bits per heavy atom. The number of carbonyl (C=O) groups is 1. The van der Waals surface area contributed by atoms with Gasteiger partial charge in [-0.05, 0) is 49.3 Å². The molecule has 0 aromatic heterocycles. The van der Waals surface area contributed by atoms with Crippen LogP contribution in [0.1, 0.15) is 25.7 Å². The minimum Gasteiger partial charge on any atom is -0.326 e. The molecule has 0 saturated heterocycles. The minimum atomic E-state index is 0.142. The third-order valence-corrected chi connectivity index (χ3v) is 4.38. The molecule has 1 aromatic carbocycles. The van der Waals surface area contributed by atoms with Gasteiger partial charge in [-0.3, -0.25) is 4.79 Å². The molecule has 19 heavy (non-hydrogen) atoms. The van der Waals surface area contributed by atoms with Gasteiger partial charge in [-0.1, -0.05) is 36.2 Å². The van der Waals surface area contributed by atoms with E-state index in [1.807, 2.05) is 18.2 Å². The van der Waals surface area contributed by atoms with E-state index in [1.54, 1.807) is 6.07 Å². The number of allylic oxidation sites excluding steroid dienone is 2. The van der Waals surface area contributed by atoms with E-state index in [9.17, 15) is 4.79 Å². The summed E-state index contributed by atoms with van der Waals surface area (Å²) in [5, 5.41) is 3.64. The van der Waals surface area contributed by atoms with Crippen LogP contribution >= 0.6 is 11.6 Å². The van der Waals surface area contributed by atoms with Crippen LogP contribution in [0.2, 0.25) is 5.02 Å². The van der Waals surface area contributed by atoms with Crippen LogP contribution in [0.3, 0.4) is 0 Å². The molecule has 0 aliphatic heterocycles. The molecule has 0 bridgehead atoms. The molecule has 1 saturated carbocycles. The van der Waals surface area contributed by atoms with Crippen molar-refractivity contribution in [1.82, 2.24) is 0 Å². The third kappa shape index (κ3) is 2.84. The molecule has 3 heteroatoms. The summed E-state index contributed by atoms with van der Waals surface area (Å²) in [6.07, 6.45) is 9.32. The second-order valence-electron chi connectivity index (χ2n) is 5.48. The third-order valence-electron chi connectivity index (χ3n) is 4.14. The molecule has 0 spiro atoms. The highest BCUT2D eigenvalue weighted by Crippen LogP contribution is 2.51. The normalized spacial score (nSPS) is 29.0. The Balaban J connectivity index is 1.65. The quantitative estimate of drug-likeness (QED) is 0.803. The van der Waals surface area contributed by atoms with Crippen molar-refractivity contribution in [3.63, 3.8) is 0 Å². The average molecular weight is 276 g/mol. The second-order valence-corrected chi connectivity index (χ2v) is 5.92. The number of hydrogen-bond acceptors (Lipinski definition) is 1. The Morgan fingerprint density at radius 3 is 3.05 bits per heavy atom. The number of rotatable bonds is 2. The van der Waals surface area contributed by atoms with Gasteiger partial charge in [-0.25, -0.2) is 0 Å². The number of fused-ring (bicyclic) bond motifs is 1. The van der Waals surface area contributed by atoms with Gasteiger partial charge < -0.3 is 5.32 Å². The van der Waals surface area contributed by atoms with E-state index < -0.39 is 0 Å². The number of anilines is 1. The summed E-state index contributed by atoms with van der Waals surface area (Å²) in [4.78, 5) is 12.3. The Morgan fingerprint density at radius 1 is 1.32 bits per heavy atom. The number of nitrogens with one attached hydrogen (secondary N) is 1. The maximum atomic E-state index is 12.3. The molecule has 2 aliphatic rings. The molecule has 0 heterocycles. The summed E-state index contributed by atoms with van der Waals surface area (Å²) in [6.45, 7) is 0. The fraction of sp³-hybridized carbons (Fsp3) is 0.438. The van der Waals surface area contributed by atoms with Crippen molar-refractivity contribution in [2.24, 2.45) is 17.8 Å². The van der Waals surface area contributed by atoms with E-state index in [1.165, 1.54) is 19.3 Å². The molecule has 1 N–H and O–H groups in total. The molecular weight excluding hydrogens is 258 g/mol. The van der Waals surface area contributed by atoms with E-state index in [0.29, 0.717) is 16.9 Å². The van der Waals surface area contributed by atoms with Gasteiger partial charge >= 0.3 is 0 Å². The fourth-order valence-corrected chi connectivity index (χ4v) is 3.28. The zero-order chi connectivity index (χ0) is 13.2. The van der Waals surface area contributed by atoms with Crippen molar-refractivity contribution in [1.29, 1.82) is 0 Å². The van der Waals surface area contributed by atoms with Gasteiger partial charge in [0.1, 0.15) is 0 Å². The van der Waals surface area contributed by atoms with E-state index in [4.69, 9.17) is 11.6 Å². The van der Waals surface area contributed by atoms with E-state index in [-0.39, 0.29) is 11.8 Å². The lowest BCUT2D eigenvalue weighted by molar-refractivity contribution is -0.117. The van der Waals surface area contributed by atoms with Crippen LogP contribution in [0, 0.1) is 17.8 Å². The Kier molecular flexibility index (Phi) is 3.61. The SMILES string of the molecule is O=C(Nc1cccc(Cl)c1)[C@@H]1[C@@H]2C=CCCCC[C@@H]21. The maximum absolute atomic E-state index is 12.3. The summed E-state index contributed by atoms with van der Waals surface area (Å²) in [5.41, 5.74) is 0.792. The maximum Gasteiger partial charge on any atom is 0.228 e. The number of benzene rings is 1. The predicted octanol–water partition coefficient (Wildman–Crippen LogP) is 4.27. The summed E-state index contributed by atoms with van der Waals surface area (Å²) >= 11 is 5.93. The van der Waals surface area contributed by atoms with Gasteiger partial charge in [-0.15, -0.1) is 0 Å². The predicted molar refractivity (Wildman–Crippen MR) is 78.2 cm³/mol. The monoisotopic (exact) mass is 275 g/mol. The van der Waals surface area contributed by atoms with Crippen molar-refractivity contribution >= 4 is 23.2 Å². The number of halogens is 1. The molecule has 1 aromatic rings. The molecule has 3 atom stereocenters. The van der Waals surface area contributed by atoms with Gasteiger partial charge in [0.2, 0.25) is 5.91 Å². The molecule has 1 amide bonds. The molecule has 100 valence electrons. The van der Waals surface area contributed by atoms with Crippen LogP contribution < -0.4 is 5.32 Å². The highest BCUT2D eigenvalue weighted by molar-refractivity contribution is 6.30. The number of carbonyl (C=O) groups excluding carboxylic acids is 1. The summed E-state index contributed by atoms with van der Waals surface area (Å²) < 4.78 is 0. The van der Waals surface area contributed by atoms with E-state index in [2.05, 4.69) is 17.5 Å². The highest BCUT2D eigenvalue weighted by atomic mass is 35.5. The molecule has 2 nitrogen and oxygen atoms in total. The lowest BCUT2D eigenvalue weighted by atomic mass is 10.1. The van der Waals surface area contributed by atoms with Crippen LogP contribution in [0.4, 0.5) is 5.69 Å². The van der Waals surface area contributed by atoms with Crippen LogP contribution in [-0.2, 0) is 4.79 Å². The molecule has 3 rings (SSSR count). The average Bonchev–Trinajstić information content (AvgIpc) is 3.00. The van der Waals surface area contributed by atoms with Gasteiger partial charge in [0.25, 0.3) is 0 Å². The second kappa shape index (κ2) is 5.38. The van der Waals surface area contributed by atoms with Gasteiger partial charge in [0.15, 0.2) is 0 Å². The Hall–Kier alpha value is -1.28. The zero-order valence-corrected chi connectivity index (χ0v) is 11.6. The Labute approximate surface area is 118 Å². The lowest BCUT2D eigenvalue weighted by Gasteiger charge is -2.05. The molecule has 0 unspecified atom stereocenters. The fourth-order valence-electron chi connectivity index (χ4n) is 3.09. The number of hydrogen-bond donors (Lipinski definition) is 1. The van der Waals surface area contributed by atoms with E-state index in [0.717, 1.165) is 12.1 Å².